The van der Waals surface area contributed by atoms with Gasteiger partial charge in [-0.05, 0) is 37.3 Å². The summed E-state index contributed by atoms with van der Waals surface area (Å²) < 4.78 is 14.1. The van der Waals surface area contributed by atoms with E-state index in [2.05, 4.69) is 15.4 Å². The Morgan fingerprint density at radius 1 is 1.15 bits per heavy atom. The number of pyridine rings is 1. The molecule has 9 heteroatoms. The Labute approximate surface area is 189 Å². The Morgan fingerprint density at radius 2 is 2.03 bits per heavy atom. The maximum Gasteiger partial charge on any atom is 0.270 e. The first-order valence-corrected chi connectivity index (χ1v) is 10.6. The lowest BCUT2D eigenvalue weighted by Gasteiger charge is -2.21. The van der Waals surface area contributed by atoms with Crippen LogP contribution in [0.15, 0.2) is 65.6 Å². The fraction of sp³-hybridized carbons (Fsp3) is 0.250. The van der Waals surface area contributed by atoms with Crippen molar-refractivity contribution in [3.8, 4) is 17.0 Å². The Morgan fingerprint density at radius 3 is 2.88 bits per heavy atom. The van der Waals surface area contributed by atoms with Crippen LogP contribution in [0.5, 0.6) is 5.75 Å². The van der Waals surface area contributed by atoms with Gasteiger partial charge in [0.2, 0.25) is 0 Å². The van der Waals surface area contributed by atoms with Crippen molar-refractivity contribution in [3.05, 3.63) is 82.5 Å². The number of carbonyl (C=O) groups excluding carboxylic acids is 1. The Hall–Kier alpha value is -3.98. The number of carbonyl (C=O) groups is 1. The molecule has 9 nitrogen and oxygen atoms in total. The highest BCUT2D eigenvalue weighted by Crippen LogP contribution is 2.23. The number of aromatic nitrogens is 4. The van der Waals surface area contributed by atoms with Crippen molar-refractivity contribution in [1.82, 2.24) is 24.5 Å². The van der Waals surface area contributed by atoms with Crippen molar-refractivity contribution < 1.29 is 14.3 Å². The Balaban J connectivity index is 1.44. The number of hydrogen-bond acceptors (Lipinski definition) is 6. The van der Waals surface area contributed by atoms with Gasteiger partial charge < -0.3 is 14.8 Å². The number of aryl methyl sites for hydroxylation is 1. The van der Waals surface area contributed by atoms with Gasteiger partial charge in [0.25, 0.3) is 11.5 Å². The summed E-state index contributed by atoms with van der Waals surface area (Å²) in [5.41, 5.74) is 2.98. The topological polar surface area (TPSA) is 99.8 Å². The molecule has 1 N–H and O–H groups in total. The largest absolute Gasteiger partial charge is 0.497 e. The zero-order chi connectivity index (χ0) is 22.9. The van der Waals surface area contributed by atoms with E-state index in [9.17, 15) is 9.59 Å². The van der Waals surface area contributed by atoms with E-state index in [0.29, 0.717) is 28.5 Å². The number of ether oxygens (including phenoxy) is 2. The maximum atomic E-state index is 13.2. The molecule has 1 amide bonds. The number of methoxy groups -OCH3 is 1. The number of imidazole rings is 1. The molecule has 1 aliphatic rings. The molecule has 1 aromatic carbocycles. The van der Waals surface area contributed by atoms with Gasteiger partial charge in [-0.3, -0.25) is 14.0 Å². The molecule has 4 heterocycles. The Bertz CT molecular complexity index is 1390. The number of fused-ring (bicyclic) bond motifs is 1. The summed E-state index contributed by atoms with van der Waals surface area (Å²) >= 11 is 0. The molecule has 2 unspecified atom stereocenters. The zero-order valence-electron chi connectivity index (χ0n) is 18.3. The highest BCUT2D eigenvalue weighted by molar-refractivity contribution is 5.94. The number of nitrogens with zero attached hydrogens (tertiary/aromatic N) is 4. The van der Waals surface area contributed by atoms with Crippen LogP contribution in [-0.4, -0.2) is 51.4 Å². The number of amides is 1. The quantitative estimate of drug-likeness (QED) is 0.506. The summed E-state index contributed by atoms with van der Waals surface area (Å²) in [4.78, 5) is 30.3. The van der Waals surface area contributed by atoms with E-state index in [-0.39, 0.29) is 24.7 Å². The average molecular weight is 445 g/mol. The maximum absolute atomic E-state index is 13.2. The van der Waals surface area contributed by atoms with Gasteiger partial charge in [0.05, 0.1) is 37.8 Å². The second kappa shape index (κ2) is 8.51. The predicted octanol–water partition coefficient (Wildman–Crippen LogP) is 2.24. The van der Waals surface area contributed by atoms with E-state index in [1.165, 1.54) is 10.7 Å². The van der Waals surface area contributed by atoms with E-state index < -0.39 is 12.1 Å². The molecular weight excluding hydrogens is 422 g/mol. The Kier molecular flexibility index (Phi) is 5.39. The summed E-state index contributed by atoms with van der Waals surface area (Å²) in [7, 11) is 1.60. The number of nitrogens with one attached hydrogen (secondary N) is 1. The van der Waals surface area contributed by atoms with E-state index in [1.807, 2.05) is 42.5 Å². The van der Waals surface area contributed by atoms with Crippen LogP contribution in [0.2, 0.25) is 0 Å². The van der Waals surface area contributed by atoms with Gasteiger partial charge in [0, 0.05) is 17.8 Å². The van der Waals surface area contributed by atoms with Crippen molar-refractivity contribution in [3.63, 3.8) is 0 Å². The summed E-state index contributed by atoms with van der Waals surface area (Å²) in [5, 5.41) is 7.61. The number of rotatable bonds is 5. The SMILES string of the molecule is COc1cccc(-c2ccc(=O)n(C3COCC3NC(=O)c3c(C)nc4ccccn34)n2)c1. The van der Waals surface area contributed by atoms with Crippen LogP contribution >= 0.6 is 0 Å². The highest BCUT2D eigenvalue weighted by Gasteiger charge is 2.34. The third-order valence-electron chi connectivity index (χ3n) is 5.79. The second-order valence-electron chi connectivity index (χ2n) is 7.89. The second-order valence-corrected chi connectivity index (χ2v) is 7.89. The lowest BCUT2D eigenvalue weighted by Crippen LogP contribution is -2.44. The average Bonchev–Trinajstić information content (AvgIpc) is 3.42. The molecule has 0 bridgehead atoms. The minimum absolute atomic E-state index is 0.262. The summed E-state index contributed by atoms with van der Waals surface area (Å²) in [6.07, 6.45) is 1.80. The summed E-state index contributed by atoms with van der Waals surface area (Å²) in [6, 6.07) is 15.3. The molecule has 1 aliphatic heterocycles. The first-order valence-electron chi connectivity index (χ1n) is 10.6. The molecule has 5 rings (SSSR count). The zero-order valence-corrected chi connectivity index (χ0v) is 18.3. The van der Waals surface area contributed by atoms with Crippen LogP contribution in [0.3, 0.4) is 0 Å². The van der Waals surface area contributed by atoms with Gasteiger partial charge in [-0.25, -0.2) is 9.67 Å². The molecule has 0 saturated carbocycles. The summed E-state index contributed by atoms with van der Waals surface area (Å²) in [6.45, 7) is 2.35. The molecule has 168 valence electrons. The minimum Gasteiger partial charge on any atom is -0.497 e. The molecular formula is C24H23N5O4. The lowest BCUT2D eigenvalue weighted by molar-refractivity contribution is 0.0918. The summed E-state index contributed by atoms with van der Waals surface area (Å²) in [5.74, 6) is 0.425. The van der Waals surface area contributed by atoms with Crippen LogP contribution in [0, 0.1) is 6.92 Å². The van der Waals surface area contributed by atoms with Gasteiger partial charge in [0.15, 0.2) is 0 Å². The minimum atomic E-state index is -0.438. The van der Waals surface area contributed by atoms with Gasteiger partial charge >= 0.3 is 0 Å². The highest BCUT2D eigenvalue weighted by atomic mass is 16.5. The van der Waals surface area contributed by atoms with Crippen LogP contribution in [0.1, 0.15) is 22.2 Å². The standard InChI is InChI=1S/C24H23N5O4/c1-15-23(28-11-4-3-8-21(28)25-15)24(31)26-19-13-33-14-20(19)29-22(30)10-9-18(27-29)16-6-5-7-17(12-16)32-2/h3-12,19-20H,13-14H2,1-2H3,(H,26,31). The van der Waals surface area contributed by atoms with Crippen molar-refractivity contribution >= 4 is 11.6 Å². The fourth-order valence-corrected chi connectivity index (χ4v) is 4.14. The number of benzene rings is 1. The normalized spacial score (nSPS) is 17.9. The predicted molar refractivity (Wildman–Crippen MR) is 122 cm³/mol. The molecule has 0 spiro atoms. The van der Waals surface area contributed by atoms with Crippen molar-refractivity contribution in [1.29, 1.82) is 0 Å². The lowest BCUT2D eigenvalue weighted by atomic mass is 10.1. The van der Waals surface area contributed by atoms with Crippen molar-refractivity contribution in [2.24, 2.45) is 0 Å². The van der Waals surface area contributed by atoms with Gasteiger partial charge in [-0.1, -0.05) is 18.2 Å². The van der Waals surface area contributed by atoms with Gasteiger partial charge in [-0.15, -0.1) is 0 Å². The van der Waals surface area contributed by atoms with E-state index in [4.69, 9.17) is 9.47 Å². The molecule has 1 fully saturated rings. The molecule has 3 aromatic heterocycles. The molecule has 0 radical (unpaired) electrons. The van der Waals surface area contributed by atoms with E-state index in [0.717, 1.165) is 5.56 Å². The molecule has 0 aliphatic carbocycles. The van der Waals surface area contributed by atoms with Crippen LogP contribution in [0.25, 0.3) is 16.9 Å². The molecule has 4 aromatic rings. The van der Waals surface area contributed by atoms with Gasteiger partial charge in [0.1, 0.15) is 23.1 Å². The number of hydrogen-bond donors (Lipinski definition) is 1. The molecule has 2 atom stereocenters. The van der Waals surface area contributed by atoms with E-state index >= 15 is 0 Å². The molecule has 1 saturated heterocycles. The van der Waals surface area contributed by atoms with Crippen molar-refractivity contribution in [2.75, 3.05) is 20.3 Å². The van der Waals surface area contributed by atoms with Crippen LogP contribution in [-0.2, 0) is 4.74 Å². The van der Waals surface area contributed by atoms with Gasteiger partial charge in [-0.2, -0.15) is 5.10 Å². The third kappa shape index (κ3) is 3.87. The smallest absolute Gasteiger partial charge is 0.270 e. The first kappa shape index (κ1) is 20.9. The van der Waals surface area contributed by atoms with E-state index in [1.54, 1.807) is 30.7 Å². The molecule has 33 heavy (non-hydrogen) atoms. The monoisotopic (exact) mass is 445 g/mol. The van der Waals surface area contributed by atoms with Crippen LogP contribution in [0.4, 0.5) is 0 Å². The fourth-order valence-electron chi connectivity index (χ4n) is 4.14. The van der Waals surface area contributed by atoms with Crippen molar-refractivity contribution in [2.45, 2.75) is 19.0 Å². The third-order valence-corrected chi connectivity index (χ3v) is 5.79. The van der Waals surface area contributed by atoms with Crippen LogP contribution < -0.4 is 15.6 Å². The first-order chi connectivity index (χ1) is 16.0.